The highest BCUT2D eigenvalue weighted by atomic mass is 16.5. The van der Waals surface area contributed by atoms with Gasteiger partial charge >= 0.3 is 0 Å². The second-order valence-corrected chi connectivity index (χ2v) is 5.67. The molecule has 1 aromatic carbocycles. The van der Waals surface area contributed by atoms with Crippen LogP contribution in [0.5, 0.6) is 0 Å². The van der Waals surface area contributed by atoms with Crippen molar-refractivity contribution in [3.63, 3.8) is 0 Å². The number of anilines is 2. The molecule has 5 heteroatoms. The van der Waals surface area contributed by atoms with E-state index in [1.165, 1.54) is 12.8 Å². The van der Waals surface area contributed by atoms with Crippen LogP contribution in [0.15, 0.2) is 30.3 Å². The first-order valence-corrected chi connectivity index (χ1v) is 7.70. The zero-order valence-electron chi connectivity index (χ0n) is 13.1. The number of nitrogen functional groups attached to an aromatic ring is 1. The Morgan fingerprint density at radius 2 is 1.95 bits per heavy atom. The van der Waals surface area contributed by atoms with Crippen molar-refractivity contribution in [3.05, 3.63) is 35.9 Å². The van der Waals surface area contributed by atoms with Crippen LogP contribution in [0.3, 0.4) is 0 Å². The molecule has 1 saturated heterocycles. The van der Waals surface area contributed by atoms with Gasteiger partial charge in [-0.15, -0.1) is 0 Å². The van der Waals surface area contributed by atoms with E-state index in [-0.39, 0.29) is 6.10 Å². The molecule has 0 spiro atoms. The van der Waals surface area contributed by atoms with E-state index in [9.17, 15) is 0 Å². The molecule has 2 aromatic rings. The third-order valence-corrected chi connectivity index (χ3v) is 4.17. The summed E-state index contributed by atoms with van der Waals surface area (Å²) in [7, 11) is 1.71. The Labute approximate surface area is 131 Å². The van der Waals surface area contributed by atoms with Crippen molar-refractivity contribution >= 4 is 11.8 Å². The van der Waals surface area contributed by atoms with Gasteiger partial charge in [0, 0.05) is 31.8 Å². The Morgan fingerprint density at radius 3 is 2.68 bits per heavy atom. The lowest BCUT2D eigenvalue weighted by molar-refractivity contribution is 0.119. The fourth-order valence-electron chi connectivity index (χ4n) is 2.80. The van der Waals surface area contributed by atoms with E-state index in [0.717, 1.165) is 35.7 Å². The lowest BCUT2D eigenvalue weighted by atomic mass is 10.0. The van der Waals surface area contributed by atoms with Gasteiger partial charge in [-0.05, 0) is 31.4 Å². The lowest BCUT2D eigenvalue weighted by Gasteiger charge is -2.17. The highest BCUT2D eigenvalue weighted by Gasteiger charge is 2.16. The quantitative estimate of drug-likeness (QED) is 0.940. The summed E-state index contributed by atoms with van der Waals surface area (Å²) in [5.41, 5.74) is 8.94. The summed E-state index contributed by atoms with van der Waals surface area (Å²) in [5, 5.41) is 0. The number of nitrogens with zero attached hydrogens (tertiary/aromatic N) is 3. The maximum atomic E-state index is 5.91. The summed E-state index contributed by atoms with van der Waals surface area (Å²) in [5.74, 6) is 1.25. The molecule has 1 fully saturated rings. The molecule has 1 unspecified atom stereocenters. The number of hydrogen-bond acceptors (Lipinski definition) is 5. The Hall–Kier alpha value is -2.14. The van der Waals surface area contributed by atoms with Gasteiger partial charge in [-0.2, -0.15) is 4.98 Å². The molecule has 1 atom stereocenters. The van der Waals surface area contributed by atoms with Crippen molar-refractivity contribution in [2.24, 2.45) is 0 Å². The molecule has 1 aliphatic rings. The second-order valence-electron chi connectivity index (χ2n) is 5.67. The lowest BCUT2D eigenvalue weighted by Crippen LogP contribution is -2.19. The Morgan fingerprint density at radius 1 is 1.18 bits per heavy atom. The van der Waals surface area contributed by atoms with Crippen LogP contribution in [-0.4, -0.2) is 30.2 Å². The summed E-state index contributed by atoms with van der Waals surface area (Å²) >= 11 is 0. The van der Waals surface area contributed by atoms with Gasteiger partial charge < -0.3 is 15.4 Å². The number of nitrogens with two attached hydrogens (primary N) is 1. The second kappa shape index (κ2) is 6.32. The molecule has 3 rings (SSSR count). The Balaban J connectivity index is 1.97. The van der Waals surface area contributed by atoms with Gasteiger partial charge in [0.25, 0.3) is 0 Å². The SMILES string of the molecule is COC(C)c1cccc(-c2cc(N3CCCC3)nc(N)n2)c1. The number of rotatable bonds is 4. The number of ether oxygens (including phenoxy) is 1. The molecule has 2 N–H and O–H groups in total. The predicted molar refractivity (Wildman–Crippen MR) is 88.8 cm³/mol. The molecule has 0 saturated carbocycles. The van der Waals surface area contributed by atoms with E-state index in [2.05, 4.69) is 27.0 Å². The summed E-state index contributed by atoms with van der Waals surface area (Å²) in [6.45, 7) is 4.11. The van der Waals surface area contributed by atoms with Crippen molar-refractivity contribution < 1.29 is 4.74 Å². The molecule has 0 radical (unpaired) electrons. The molecule has 0 amide bonds. The van der Waals surface area contributed by atoms with E-state index < -0.39 is 0 Å². The van der Waals surface area contributed by atoms with Gasteiger partial charge in [-0.1, -0.05) is 18.2 Å². The van der Waals surface area contributed by atoms with Gasteiger partial charge in [0.1, 0.15) is 5.82 Å². The van der Waals surface area contributed by atoms with Crippen LogP contribution in [0.25, 0.3) is 11.3 Å². The van der Waals surface area contributed by atoms with Crippen LogP contribution in [0, 0.1) is 0 Å². The van der Waals surface area contributed by atoms with Crippen LogP contribution in [0.2, 0.25) is 0 Å². The largest absolute Gasteiger partial charge is 0.377 e. The normalized spacial score (nSPS) is 16.0. The average molecular weight is 298 g/mol. The van der Waals surface area contributed by atoms with Crippen molar-refractivity contribution in [2.45, 2.75) is 25.9 Å². The summed E-state index contributed by atoms with van der Waals surface area (Å²) in [6, 6.07) is 10.3. The highest BCUT2D eigenvalue weighted by molar-refractivity contribution is 5.65. The van der Waals surface area contributed by atoms with Crippen molar-refractivity contribution in [2.75, 3.05) is 30.8 Å². The molecule has 0 bridgehead atoms. The molecule has 5 nitrogen and oxygen atoms in total. The van der Waals surface area contributed by atoms with E-state index in [1.807, 2.05) is 25.1 Å². The molecule has 2 heterocycles. The molecular formula is C17H22N4O. The predicted octanol–water partition coefficient (Wildman–Crippen LogP) is 3.03. The zero-order valence-corrected chi connectivity index (χ0v) is 13.1. The van der Waals surface area contributed by atoms with Gasteiger partial charge in [-0.25, -0.2) is 4.98 Å². The Kier molecular flexibility index (Phi) is 4.24. The fraction of sp³-hybridized carbons (Fsp3) is 0.412. The standard InChI is InChI=1S/C17H22N4O/c1-12(22-2)13-6-5-7-14(10-13)15-11-16(20-17(18)19-15)21-8-3-4-9-21/h5-7,10-12H,3-4,8-9H2,1-2H3,(H2,18,19,20). The molecule has 116 valence electrons. The minimum absolute atomic E-state index is 0.0530. The van der Waals surface area contributed by atoms with Gasteiger partial charge in [0.15, 0.2) is 0 Å². The van der Waals surface area contributed by atoms with Gasteiger partial charge in [0.05, 0.1) is 11.8 Å². The number of hydrogen-bond donors (Lipinski definition) is 1. The summed E-state index contributed by atoms with van der Waals surface area (Å²) < 4.78 is 5.39. The molecule has 22 heavy (non-hydrogen) atoms. The molecule has 1 aromatic heterocycles. The van der Waals surface area contributed by atoms with Crippen molar-refractivity contribution in [1.29, 1.82) is 0 Å². The third-order valence-electron chi connectivity index (χ3n) is 4.17. The monoisotopic (exact) mass is 298 g/mol. The average Bonchev–Trinajstić information content (AvgIpc) is 3.08. The van der Waals surface area contributed by atoms with E-state index in [4.69, 9.17) is 10.5 Å². The summed E-state index contributed by atoms with van der Waals surface area (Å²) in [4.78, 5) is 11.1. The first-order chi connectivity index (χ1) is 10.7. The highest BCUT2D eigenvalue weighted by Crippen LogP contribution is 2.27. The molecular weight excluding hydrogens is 276 g/mol. The number of benzene rings is 1. The number of methoxy groups -OCH3 is 1. The zero-order chi connectivity index (χ0) is 15.5. The first kappa shape index (κ1) is 14.8. The van der Waals surface area contributed by atoms with Crippen LogP contribution in [0.1, 0.15) is 31.4 Å². The minimum atomic E-state index is 0.0530. The van der Waals surface area contributed by atoms with Crippen LogP contribution < -0.4 is 10.6 Å². The van der Waals surface area contributed by atoms with Crippen molar-refractivity contribution in [1.82, 2.24) is 9.97 Å². The van der Waals surface area contributed by atoms with E-state index in [1.54, 1.807) is 7.11 Å². The van der Waals surface area contributed by atoms with Crippen molar-refractivity contribution in [3.8, 4) is 11.3 Å². The van der Waals surface area contributed by atoms with E-state index in [0.29, 0.717) is 5.95 Å². The van der Waals surface area contributed by atoms with Crippen LogP contribution in [0.4, 0.5) is 11.8 Å². The van der Waals surface area contributed by atoms with Gasteiger partial charge in [-0.3, -0.25) is 0 Å². The minimum Gasteiger partial charge on any atom is -0.377 e. The number of aromatic nitrogens is 2. The maximum absolute atomic E-state index is 5.91. The summed E-state index contributed by atoms with van der Waals surface area (Å²) in [6.07, 6.45) is 2.47. The first-order valence-electron chi connectivity index (χ1n) is 7.70. The fourth-order valence-corrected chi connectivity index (χ4v) is 2.80. The van der Waals surface area contributed by atoms with Gasteiger partial charge in [0.2, 0.25) is 5.95 Å². The third kappa shape index (κ3) is 3.04. The van der Waals surface area contributed by atoms with Crippen LogP contribution >= 0.6 is 0 Å². The smallest absolute Gasteiger partial charge is 0.222 e. The molecule has 1 aliphatic heterocycles. The van der Waals surface area contributed by atoms with E-state index >= 15 is 0 Å². The maximum Gasteiger partial charge on any atom is 0.222 e. The van der Waals surface area contributed by atoms with Crippen LogP contribution in [-0.2, 0) is 4.74 Å². The Bertz CT molecular complexity index is 653. The molecule has 0 aliphatic carbocycles. The topological polar surface area (TPSA) is 64.3 Å².